The van der Waals surface area contributed by atoms with E-state index in [9.17, 15) is 9.59 Å². The number of likely N-dealkylation sites (tertiary alicyclic amines) is 2. The van der Waals surface area contributed by atoms with Gasteiger partial charge in [0.2, 0.25) is 5.91 Å². The average molecular weight is 387 g/mol. The molecule has 3 heterocycles. The molecular weight excluding hydrogens is 352 g/mol. The summed E-state index contributed by atoms with van der Waals surface area (Å²) in [6.45, 7) is 7.18. The number of carbonyl (C=O) groups excluding carboxylic acids is 2. The Morgan fingerprint density at radius 1 is 1.14 bits per heavy atom. The van der Waals surface area contributed by atoms with Crippen LogP contribution in [0.4, 0.5) is 0 Å². The first kappa shape index (κ1) is 20.8. The summed E-state index contributed by atoms with van der Waals surface area (Å²) in [5.74, 6) is 1.07. The highest BCUT2D eigenvalue weighted by Crippen LogP contribution is 2.28. The van der Waals surface area contributed by atoms with Crippen LogP contribution in [0, 0.1) is 5.92 Å². The highest BCUT2D eigenvalue weighted by atomic mass is 16.2. The van der Waals surface area contributed by atoms with Gasteiger partial charge in [-0.3, -0.25) is 14.6 Å². The van der Waals surface area contributed by atoms with Crippen molar-refractivity contribution in [2.24, 2.45) is 5.92 Å². The first-order chi connectivity index (χ1) is 13.5. The molecule has 0 bridgehead atoms. The van der Waals surface area contributed by atoms with Gasteiger partial charge in [0.1, 0.15) is 0 Å². The van der Waals surface area contributed by atoms with Crippen molar-refractivity contribution in [3.8, 4) is 0 Å². The van der Waals surface area contributed by atoms with Gasteiger partial charge in [-0.05, 0) is 63.4 Å². The molecule has 0 radical (unpaired) electrons. The summed E-state index contributed by atoms with van der Waals surface area (Å²) in [6.07, 6.45) is 6.70. The number of piperidine rings is 2. The molecule has 1 aromatic heterocycles. The molecule has 0 N–H and O–H groups in total. The van der Waals surface area contributed by atoms with Crippen LogP contribution < -0.4 is 0 Å². The second-order valence-corrected chi connectivity index (χ2v) is 8.43. The molecule has 0 unspecified atom stereocenters. The minimum Gasteiger partial charge on any atom is -0.345 e. The van der Waals surface area contributed by atoms with E-state index < -0.39 is 0 Å². The van der Waals surface area contributed by atoms with E-state index in [2.05, 4.69) is 16.8 Å². The average Bonchev–Trinajstić information content (AvgIpc) is 2.74. The molecule has 1 aromatic rings. The Balaban J connectivity index is 1.55. The molecule has 28 heavy (non-hydrogen) atoms. The molecule has 6 nitrogen and oxygen atoms in total. The third kappa shape index (κ3) is 5.10. The number of amides is 2. The van der Waals surface area contributed by atoms with Gasteiger partial charge in [-0.15, -0.1) is 0 Å². The van der Waals surface area contributed by atoms with Crippen LogP contribution >= 0.6 is 0 Å². The monoisotopic (exact) mass is 386 g/mol. The Kier molecular flexibility index (Phi) is 7.05. The fraction of sp³-hybridized carbons (Fsp3) is 0.682. The van der Waals surface area contributed by atoms with Gasteiger partial charge < -0.3 is 14.7 Å². The van der Waals surface area contributed by atoms with Crippen molar-refractivity contribution in [2.75, 3.05) is 46.8 Å². The largest absolute Gasteiger partial charge is 0.345 e. The van der Waals surface area contributed by atoms with Gasteiger partial charge >= 0.3 is 0 Å². The molecule has 2 amide bonds. The van der Waals surface area contributed by atoms with Crippen molar-refractivity contribution < 1.29 is 9.59 Å². The molecule has 1 atom stereocenters. The number of pyridine rings is 1. The topological polar surface area (TPSA) is 56.8 Å². The molecule has 0 saturated carbocycles. The van der Waals surface area contributed by atoms with Crippen LogP contribution in [0.3, 0.4) is 0 Å². The lowest BCUT2D eigenvalue weighted by Crippen LogP contribution is -2.41. The van der Waals surface area contributed by atoms with E-state index in [4.69, 9.17) is 0 Å². The number of aromatic nitrogens is 1. The normalized spacial score (nSPS) is 21.5. The number of hydrogen-bond donors (Lipinski definition) is 0. The summed E-state index contributed by atoms with van der Waals surface area (Å²) in [6, 6.07) is 3.81. The summed E-state index contributed by atoms with van der Waals surface area (Å²) < 4.78 is 0. The molecule has 3 rings (SSSR count). The molecule has 6 heteroatoms. The summed E-state index contributed by atoms with van der Waals surface area (Å²) >= 11 is 0. The van der Waals surface area contributed by atoms with Gasteiger partial charge in [-0.1, -0.05) is 6.92 Å². The minimum atomic E-state index is -0.0337. The van der Waals surface area contributed by atoms with Crippen molar-refractivity contribution >= 4 is 11.8 Å². The second-order valence-electron chi connectivity index (χ2n) is 8.43. The van der Waals surface area contributed by atoms with Crippen LogP contribution in [-0.4, -0.2) is 78.3 Å². The Morgan fingerprint density at radius 2 is 1.89 bits per heavy atom. The highest BCUT2D eigenvalue weighted by molar-refractivity contribution is 5.93. The Morgan fingerprint density at radius 3 is 2.50 bits per heavy atom. The van der Waals surface area contributed by atoms with Crippen molar-refractivity contribution in [3.63, 3.8) is 0 Å². The minimum absolute atomic E-state index is 0.0337. The van der Waals surface area contributed by atoms with Gasteiger partial charge in [0.15, 0.2) is 0 Å². The van der Waals surface area contributed by atoms with Crippen LogP contribution in [0.2, 0.25) is 0 Å². The molecule has 2 fully saturated rings. The predicted molar refractivity (Wildman–Crippen MR) is 110 cm³/mol. The third-order valence-electron chi connectivity index (χ3n) is 6.25. The molecule has 2 saturated heterocycles. The highest BCUT2D eigenvalue weighted by Gasteiger charge is 2.28. The molecule has 2 aliphatic rings. The zero-order valence-electron chi connectivity index (χ0n) is 17.6. The molecule has 2 aliphatic heterocycles. The Labute approximate surface area is 168 Å². The molecule has 0 spiro atoms. The maximum absolute atomic E-state index is 12.9. The van der Waals surface area contributed by atoms with Gasteiger partial charge in [-0.2, -0.15) is 0 Å². The van der Waals surface area contributed by atoms with Crippen LogP contribution in [0.15, 0.2) is 18.3 Å². The van der Waals surface area contributed by atoms with Gasteiger partial charge in [0, 0.05) is 51.4 Å². The lowest BCUT2D eigenvalue weighted by atomic mass is 9.90. The fourth-order valence-corrected chi connectivity index (χ4v) is 4.36. The lowest BCUT2D eigenvalue weighted by Gasteiger charge is -2.35. The van der Waals surface area contributed by atoms with Crippen molar-refractivity contribution in [2.45, 2.75) is 44.9 Å². The van der Waals surface area contributed by atoms with E-state index in [1.807, 2.05) is 17.0 Å². The smallest absolute Gasteiger partial charge is 0.254 e. The molecule has 154 valence electrons. The Bertz CT molecular complexity index is 666. The number of nitrogens with zero attached hydrogens (tertiary/aromatic N) is 4. The quantitative estimate of drug-likeness (QED) is 0.781. The number of hydrogen-bond acceptors (Lipinski definition) is 4. The molecular formula is C22H34N4O2. The zero-order valence-corrected chi connectivity index (χ0v) is 17.6. The first-order valence-corrected chi connectivity index (χ1v) is 10.7. The molecule has 0 aromatic carbocycles. The predicted octanol–water partition coefficient (Wildman–Crippen LogP) is 2.61. The zero-order chi connectivity index (χ0) is 20.1. The van der Waals surface area contributed by atoms with Crippen LogP contribution in [0.1, 0.15) is 61.0 Å². The maximum Gasteiger partial charge on any atom is 0.254 e. The first-order valence-electron chi connectivity index (χ1n) is 10.7. The van der Waals surface area contributed by atoms with Crippen molar-refractivity contribution in [1.82, 2.24) is 19.7 Å². The van der Waals surface area contributed by atoms with E-state index in [0.29, 0.717) is 23.8 Å². The maximum atomic E-state index is 12.9. The SMILES string of the molecule is CCN1CCC(CC(=O)N2CCC[C@@H](c3ccc(C(=O)N(C)C)cn3)C2)CC1. The second kappa shape index (κ2) is 9.50. The summed E-state index contributed by atoms with van der Waals surface area (Å²) in [5, 5.41) is 0. The Hall–Kier alpha value is -1.95. The van der Waals surface area contributed by atoms with Gasteiger partial charge in [0.25, 0.3) is 5.91 Å². The number of carbonyl (C=O) groups is 2. The van der Waals surface area contributed by atoms with E-state index in [0.717, 1.165) is 64.1 Å². The van der Waals surface area contributed by atoms with E-state index in [1.54, 1.807) is 25.2 Å². The van der Waals surface area contributed by atoms with Crippen LogP contribution in [-0.2, 0) is 4.79 Å². The van der Waals surface area contributed by atoms with Crippen molar-refractivity contribution in [3.05, 3.63) is 29.6 Å². The van der Waals surface area contributed by atoms with Crippen LogP contribution in [0.5, 0.6) is 0 Å². The van der Waals surface area contributed by atoms with Gasteiger partial charge in [0.05, 0.1) is 5.56 Å². The molecule has 0 aliphatic carbocycles. The van der Waals surface area contributed by atoms with E-state index >= 15 is 0 Å². The fourth-order valence-electron chi connectivity index (χ4n) is 4.36. The van der Waals surface area contributed by atoms with E-state index in [1.165, 1.54) is 0 Å². The summed E-state index contributed by atoms with van der Waals surface area (Å²) in [4.78, 5) is 35.5. The van der Waals surface area contributed by atoms with Crippen molar-refractivity contribution in [1.29, 1.82) is 0 Å². The summed E-state index contributed by atoms with van der Waals surface area (Å²) in [7, 11) is 3.49. The summed E-state index contributed by atoms with van der Waals surface area (Å²) in [5.41, 5.74) is 1.60. The van der Waals surface area contributed by atoms with Gasteiger partial charge in [-0.25, -0.2) is 0 Å². The number of rotatable bonds is 5. The lowest BCUT2D eigenvalue weighted by molar-refractivity contribution is -0.133. The standard InChI is InChI=1S/C22H34N4O2/c1-4-25-12-9-17(10-13-25)14-21(27)26-11-5-6-19(16-26)20-8-7-18(15-23-20)22(28)24(2)3/h7-8,15,17,19H,4-6,9-14,16H2,1-3H3/t19-/m1/s1. The van der Waals surface area contributed by atoms with Crippen LogP contribution in [0.25, 0.3) is 0 Å². The van der Waals surface area contributed by atoms with E-state index in [-0.39, 0.29) is 11.8 Å². The third-order valence-corrected chi connectivity index (χ3v) is 6.25.